The lowest BCUT2D eigenvalue weighted by molar-refractivity contribution is -0.120. The minimum Gasteiger partial charge on any atom is -0.356 e. The predicted octanol–water partition coefficient (Wildman–Crippen LogP) is 4.73. The molecule has 0 aliphatic carbocycles. The zero-order chi connectivity index (χ0) is 27.7. The molecule has 2 aromatic heterocycles. The normalized spacial score (nSPS) is 20.4. The smallest absolute Gasteiger partial charge is 0.256 e. The van der Waals surface area contributed by atoms with E-state index < -0.39 is 5.82 Å². The molecular formula is C31H40FN5O2. The van der Waals surface area contributed by atoms with Crippen LogP contribution in [0.25, 0.3) is 16.6 Å². The van der Waals surface area contributed by atoms with Gasteiger partial charge < -0.3 is 19.7 Å². The first-order chi connectivity index (χ1) is 18.7. The summed E-state index contributed by atoms with van der Waals surface area (Å²) in [6, 6.07) is 4.46. The zero-order valence-corrected chi connectivity index (χ0v) is 23.5. The Kier molecular flexibility index (Phi) is 8.03. The standard InChI is InChI=1S/C31H40FN5O2/c1-20(2)35(4)31(39)26-14-25(32)6-7-27(26)37-19-24(30-21(3)15-33-16-28(30)37)13-23-10-12-36(18-23)17-22-5-8-29(38)34-11-9-22/h6-7,14-16,19-20,22-23H,5,8-13,17-18H2,1-4H3,(H,34,38)/t22-,23+/m1/s1. The molecule has 2 aliphatic heterocycles. The van der Waals surface area contributed by atoms with E-state index in [1.807, 2.05) is 30.8 Å². The van der Waals surface area contributed by atoms with Gasteiger partial charge in [0.05, 0.1) is 23.0 Å². The number of likely N-dealkylation sites (tertiary alicyclic amines) is 1. The van der Waals surface area contributed by atoms with Crippen LogP contribution >= 0.6 is 0 Å². The van der Waals surface area contributed by atoms with Crippen molar-refractivity contribution in [3.05, 3.63) is 59.3 Å². The highest BCUT2D eigenvalue weighted by atomic mass is 19.1. The monoisotopic (exact) mass is 533 g/mol. The van der Waals surface area contributed by atoms with Crippen molar-refractivity contribution in [2.24, 2.45) is 11.8 Å². The van der Waals surface area contributed by atoms with Crippen LogP contribution in [0.4, 0.5) is 4.39 Å². The number of hydrogen-bond acceptors (Lipinski definition) is 4. The average molecular weight is 534 g/mol. The lowest BCUT2D eigenvalue weighted by atomic mass is 9.97. The van der Waals surface area contributed by atoms with Gasteiger partial charge in [-0.15, -0.1) is 0 Å². The lowest BCUT2D eigenvalue weighted by Gasteiger charge is -2.23. The van der Waals surface area contributed by atoms with E-state index in [2.05, 4.69) is 28.3 Å². The van der Waals surface area contributed by atoms with Crippen LogP contribution in [0.5, 0.6) is 0 Å². The molecule has 2 fully saturated rings. The minimum absolute atomic E-state index is 0.00505. The number of benzene rings is 1. The Balaban J connectivity index is 1.41. The molecule has 1 N–H and O–H groups in total. The van der Waals surface area contributed by atoms with Gasteiger partial charge in [0.1, 0.15) is 5.82 Å². The van der Waals surface area contributed by atoms with Crippen LogP contribution in [0.3, 0.4) is 0 Å². The number of nitrogens with zero attached hydrogens (tertiary/aromatic N) is 4. The Morgan fingerprint density at radius 2 is 2.03 bits per heavy atom. The fraction of sp³-hybridized carbons (Fsp3) is 0.516. The highest BCUT2D eigenvalue weighted by Gasteiger charge is 2.28. The summed E-state index contributed by atoms with van der Waals surface area (Å²) in [7, 11) is 1.75. The first kappa shape index (κ1) is 27.3. The Bertz CT molecular complexity index is 1370. The maximum atomic E-state index is 14.4. The largest absolute Gasteiger partial charge is 0.356 e. The summed E-state index contributed by atoms with van der Waals surface area (Å²) in [4.78, 5) is 33.8. The van der Waals surface area contributed by atoms with E-state index >= 15 is 0 Å². The Hall–Kier alpha value is -3.26. The molecule has 208 valence electrons. The summed E-state index contributed by atoms with van der Waals surface area (Å²) in [5, 5.41) is 4.16. The quantitative estimate of drug-likeness (QED) is 0.477. The Labute approximate surface area is 230 Å². The van der Waals surface area contributed by atoms with Gasteiger partial charge in [0.25, 0.3) is 5.91 Å². The second kappa shape index (κ2) is 11.5. The van der Waals surface area contributed by atoms with Gasteiger partial charge >= 0.3 is 0 Å². The predicted molar refractivity (Wildman–Crippen MR) is 152 cm³/mol. The molecule has 0 bridgehead atoms. The number of rotatable bonds is 7. The summed E-state index contributed by atoms with van der Waals surface area (Å²) >= 11 is 0. The third kappa shape index (κ3) is 5.86. The molecule has 0 spiro atoms. The molecule has 8 heteroatoms. The molecule has 4 heterocycles. The van der Waals surface area contributed by atoms with Crippen molar-refractivity contribution < 1.29 is 14.0 Å². The van der Waals surface area contributed by atoms with E-state index in [1.54, 1.807) is 18.0 Å². The van der Waals surface area contributed by atoms with Crippen LogP contribution in [0.15, 0.2) is 36.8 Å². The molecule has 0 unspecified atom stereocenters. The summed E-state index contributed by atoms with van der Waals surface area (Å²) in [5.74, 6) is 0.648. The summed E-state index contributed by atoms with van der Waals surface area (Å²) in [6.07, 6.45) is 10.6. The average Bonchev–Trinajstić information content (AvgIpc) is 3.44. The maximum Gasteiger partial charge on any atom is 0.256 e. The fourth-order valence-corrected chi connectivity index (χ4v) is 6.20. The van der Waals surface area contributed by atoms with Gasteiger partial charge in [-0.25, -0.2) is 4.39 Å². The van der Waals surface area contributed by atoms with Crippen LogP contribution < -0.4 is 5.32 Å². The van der Waals surface area contributed by atoms with Gasteiger partial charge in [-0.05, 0) is 94.2 Å². The molecule has 2 atom stereocenters. The van der Waals surface area contributed by atoms with Crippen molar-refractivity contribution >= 4 is 22.7 Å². The number of carbonyl (C=O) groups excluding carboxylic acids is 2. The summed E-state index contributed by atoms with van der Waals surface area (Å²) < 4.78 is 16.4. The van der Waals surface area contributed by atoms with Gasteiger partial charge in [-0.3, -0.25) is 14.6 Å². The van der Waals surface area contributed by atoms with Crippen LogP contribution in [-0.2, 0) is 11.2 Å². The topological polar surface area (TPSA) is 70.5 Å². The summed E-state index contributed by atoms with van der Waals surface area (Å²) in [6.45, 7) is 9.95. The van der Waals surface area contributed by atoms with E-state index in [9.17, 15) is 14.0 Å². The van der Waals surface area contributed by atoms with E-state index in [4.69, 9.17) is 0 Å². The third-order valence-corrected chi connectivity index (χ3v) is 8.57. The van der Waals surface area contributed by atoms with Gasteiger partial charge in [0, 0.05) is 56.9 Å². The van der Waals surface area contributed by atoms with Gasteiger partial charge in [0.15, 0.2) is 0 Å². The highest BCUT2D eigenvalue weighted by molar-refractivity contribution is 5.99. The Morgan fingerprint density at radius 3 is 2.82 bits per heavy atom. The number of aromatic nitrogens is 2. The molecule has 2 aliphatic rings. The van der Waals surface area contributed by atoms with Crippen LogP contribution in [0.1, 0.15) is 61.0 Å². The molecule has 2 saturated heterocycles. The van der Waals surface area contributed by atoms with Gasteiger partial charge in [0.2, 0.25) is 5.91 Å². The van der Waals surface area contributed by atoms with Crippen molar-refractivity contribution in [2.45, 2.75) is 58.9 Å². The summed E-state index contributed by atoms with van der Waals surface area (Å²) in [5.41, 5.74) is 4.28. The van der Waals surface area contributed by atoms with Crippen molar-refractivity contribution in [2.75, 3.05) is 33.2 Å². The molecule has 0 radical (unpaired) electrons. The second-order valence-electron chi connectivity index (χ2n) is 11.7. The van der Waals surface area contributed by atoms with Crippen molar-refractivity contribution in [3.8, 4) is 5.69 Å². The molecule has 5 rings (SSSR count). The molecule has 39 heavy (non-hydrogen) atoms. The van der Waals surface area contributed by atoms with E-state index in [0.29, 0.717) is 29.5 Å². The maximum absolute atomic E-state index is 14.4. The molecule has 2 amide bonds. The number of fused-ring (bicyclic) bond motifs is 1. The number of nitrogens with one attached hydrogen (secondary N) is 1. The van der Waals surface area contributed by atoms with Crippen molar-refractivity contribution in [3.63, 3.8) is 0 Å². The Morgan fingerprint density at radius 1 is 1.21 bits per heavy atom. The van der Waals surface area contributed by atoms with E-state index in [-0.39, 0.29) is 17.9 Å². The number of carbonyl (C=O) groups is 2. The van der Waals surface area contributed by atoms with Gasteiger partial charge in [-0.1, -0.05) is 0 Å². The first-order valence-corrected chi connectivity index (χ1v) is 14.2. The van der Waals surface area contributed by atoms with Crippen molar-refractivity contribution in [1.29, 1.82) is 0 Å². The number of halogens is 1. The fourth-order valence-electron chi connectivity index (χ4n) is 6.20. The van der Waals surface area contributed by atoms with Crippen molar-refractivity contribution in [1.82, 2.24) is 24.7 Å². The SMILES string of the molecule is Cc1cncc2c1c(C[C@@H]1CCN(C[C@H]3CCNC(=O)CC3)C1)cn2-c1ccc(F)cc1C(=O)N(C)C(C)C. The molecular weight excluding hydrogens is 493 g/mol. The molecule has 0 saturated carbocycles. The first-order valence-electron chi connectivity index (χ1n) is 14.2. The number of pyridine rings is 1. The van der Waals surface area contributed by atoms with E-state index in [0.717, 1.165) is 68.3 Å². The molecule has 1 aromatic carbocycles. The molecule has 3 aromatic rings. The number of aryl methyl sites for hydroxylation is 1. The molecule has 7 nitrogen and oxygen atoms in total. The minimum atomic E-state index is -0.426. The highest BCUT2D eigenvalue weighted by Crippen LogP contribution is 2.33. The van der Waals surface area contributed by atoms with E-state index in [1.165, 1.54) is 17.7 Å². The zero-order valence-electron chi connectivity index (χ0n) is 23.5. The number of hydrogen-bond donors (Lipinski definition) is 1. The van der Waals surface area contributed by atoms with Crippen LogP contribution in [0, 0.1) is 24.6 Å². The second-order valence-corrected chi connectivity index (χ2v) is 11.7. The van der Waals surface area contributed by atoms with Crippen LogP contribution in [0.2, 0.25) is 0 Å². The third-order valence-electron chi connectivity index (χ3n) is 8.57. The van der Waals surface area contributed by atoms with Crippen LogP contribution in [-0.4, -0.2) is 70.4 Å². The number of amides is 2. The lowest BCUT2D eigenvalue weighted by Crippen LogP contribution is -2.33. The van der Waals surface area contributed by atoms with Gasteiger partial charge in [-0.2, -0.15) is 0 Å².